The van der Waals surface area contributed by atoms with Crippen molar-refractivity contribution in [2.75, 3.05) is 7.11 Å². The lowest BCUT2D eigenvalue weighted by Gasteiger charge is -2.12. The van der Waals surface area contributed by atoms with E-state index < -0.39 is 0 Å². The van der Waals surface area contributed by atoms with Crippen LogP contribution < -0.4 is 4.74 Å². The van der Waals surface area contributed by atoms with Gasteiger partial charge in [-0.2, -0.15) is 0 Å². The van der Waals surface area contributed by atoms with Crippen LogP contribution in [0.2, 0.25) is 0 Å². The van der Waals surface area contributed by atoms with Crippen molar-refractivity contribution >= 4 is 5.78 Å². The van der Waals surface area contributed by atoms with E-state index in [1.807, 2.05) is 18.2 Å². The largest absolute Gasteiger partial charge is 0.497 e. The number of methoxy groups -OCH3 is 1. The number of ketones is 1. The Morgan fingerprint density at radius 3 is 2.74 bits per heavy atom. The highest BCUT2D eigenvalue weighted by Crippen LogP contribution is 2.39. The van der Waals surface area contributed by atoms with E-state index in [1.54, 1.807) is 7.11 Å². The van der Waals surface area contributed by atoms with Crippen LogP contribution in [0.4, 0.5) is 0 Å². The molecule has 1 atom stereocenters. The molecule has 2 aromatic carbocycles. The number of rotatable bonds is 2. The molecule has 0 radical (unpaired) electrons. The molecule has 0 N–H and O–H groups in total. The summed E-state index contributed by atoms with van der Waals surface area (Å²) < 4.78 is 5.20. The lowest BCUT2D eigenvalue weighted by atomic mass is 9.92. The molecule has 0 aliphatic heterocycles. The Balaban J connectivity index is 2.07. The predicted molar refractivity (Wildman–Crippen MR) is 75.0 cm³/mol. The Bertz CT molecular complexity index is 643. The molecule has 0 bridgehead atoms. The zero-order valence-electron chi connectivity index (χ0n) is 11.1. The molecule has 0 aromatic heterocycles. The van der Waals surface area contributed by atoms with Gasteiger partial charge in [0.1, 0.15) is 5.75 Å². The van der Waals surface area contributed by atoms with Crippen molar-refractivity contribution < 1.29 is 9.53 Å². The average molecular weight is 252 g/mol. The number of Topliss-reactive ketones (excluding diaryl/α,β-unsaturated/α-hetero) is 1. The van der Waals surface area contributed by atoms with Crippen molar-refractivity contribution in [2.24, 2.45) is 0 Å². The maximum atomic E-state index is 12.1. The summed E-state index contributed by atoms with van der Waals surface area (Å²) in [5, 5.41) is 0. The molecular formula is C17H16O2. The summed E-state index contributed by atoms with van der Waals surface area (Å²) in [6.45, 7) is 2.08. The fourth-order valence-electron chi connectivity index (χ4n) is 2.80. The Morgan fingerprint density at radius 1 is 1.16 bits per heavy atom. The van der Waals surface area contributed by atoms with Crippen LogP contribution in [-0.2, 0) is 0 Å². The number of aryl methyl sites for hydroxylation is 1. The first kappa shape index (κ1) is 12.0. The molecule has 19 heavy (non-hydrogen) atoms. The number of ether oxygens (including phenoxy) is 1. The molecule has 2 heteroatoms. The number of hydrogen-bond donors (Lipinski definition) is 0. The highest BCUT2D eigenvalue weighted by molar-refractivity contribution is 6.02. The third-order valence-corrected chi connectivity index (χ3v) is 3.77. The lowest BCUT2D eigenvalue weighted by Crippen LogP contribution is -1.97. The summed E-state index contributed by atoms with van der Waals surface area (Å²) in [7, 11) is 1.62. The van der Waals surface area contributed by atoms with E-state index in [0.29, 0.717) is 6.42 Å². The Hall–Kier alpha value is -2.09. The molecule has 0 unspecified atom stereocenters. The van der Waals surface area contributed by atoms with E-state index in [2.05, 4.69) is 31.2 Å². The summed E-state index contributed by atoms with van der Waals surface area (Å²) in [6, 6.07) is 14.2. The molecule has 0 amide bonds. The number of fused-ring (bicyclic) bond motifs is 1. The van der Waals surface area contributed by atoms with E-state index >= 15 is 0 Å². The third kappa shape index (κ3) is 2.03. The van der Waals surface area contributed by atoms with Gasteiger partial charge in [-0.15, -0.1) is 0 Å². The summed E-state index contributed by atoms with van der Waals surface area (Å²) in [5.74, 6) is 1.14. The van der Waals surface area contributed by atoms with Crippen LogP contribution in [0, 0.1) is 6.92 Å². The molecule has 0 saturated carbocycles. The maximum absolute atomic E-state index is 12.1. The van der Waals surface area contributed by atoms with Crippen LogP contribution in [-0.4, -0.2) is 12.9 Å². The van der Waals surface area contributed by atoms with Gasteiger partial charge in [0.2, 0.25) is 0 Å². The van der Waals surface area contributed by atoms with E-state index in [0.717, 1.165) is 16.9 Å². The number of hydrogen-bond acceptors (Lipinski definition) is 2. The van der Waals surface area contributed by atoms with Gasteiger partial charge in [-0.25, -0.2) is 0 Å². The van der Waals surface area contributed by atoms with Crippen molar-refractivity contribution in [1.29, 1.82) is 0 Å². The highest BCUT2D eigenvalue weighted by atomic mass is 16.5. The standard InChI is InChI=1S/C17H16O2/c1-11-4-3-5-12(8-11)15-10-17(18)16-9-13(19-2)6-7-14(15)16/h3-9,15H,10H2,1-2H3/t15-/m0/s1. The molecule has 2 aromatic rings. The molecule has 0 heterocycles. The summed E-state index contributed by atoms with van der Waals surface area (Å²) in [6.07, 6.45) is 0.561. The number of carbonyl (C=O) groups excluding carboxylic acids is 1. The summed E-state index contributed by atoms with van der Waals surface area (Å²) in [5.41, 5.74) is 4.38. The van der Waals surface area contributed by atoms with Gasteiger partial charge in [0.05, 0.1) is 7.11 Å². The second-order valence-corrected chi connectivity index (χ2v) is 5.05. The van der Waals surface area contributed by atoms with E-state index in [9.17, 15) is 4.79 Å². The molecule has 3 rings (SSSR count). The first-order valence-electron chi connectivity index (χ1n) is 6.47. The normalized spacial score (nSPS) is 17.4. The van der Waals surface area contributed by atoms with Gasteiger partial charge in [0.15, 0.2) is 5.78 Å². The Labute approximate surface area is 113 Å². The molecule has 1 aliphatic rings. The zero-order chi connectivity index (χ0) is 13.4. The van der Waals surface area contributed by atoms with Crippen LogP contribution in [0.5, 0.6) is 5.75 Å². The van der Waals surface area contributed by atoms with E-state index in [4.69, 9.17) is 4.74 Å². The van der Waals surface area contributed by atoms with Crippen molar-refractivity contribution in [3.8, 4) is 5.75 Å². The van der Waals surface area contributed by atoms with Crippen LogP contribution in [0.3, 0.4) is 0 Å². The smallest absolute Gasteiger partial charge is 0.164 e. The van der Waals surface area contributed by atoms with Crippen molar-refractivity contribution in [3.63, 3.8) is 0 Å². The van der Waals surface area contributed by atoms with Crippen LogP contribution in [0.1, 0.15) is 39.4 Å². The minimum Gasteiger partial charge on any atom is -0.497 e. The monoisotopic (exact) mass is 252 g/mol. The fraction of sp³-hybridized carbons (Fsp3) is 0.235. The zero-order valence-corrected chi connectivity index (χ0v) is 11.1. The number of carbonyl (C=O) groups is 1. The third-order valence-electron chi connectivity index (χ3n) is 3.77. The van der Waals surface area contributed by atoms with Gasteiger partial charge in [0.25, 0.3) is 0 Å². The highest BCUT2D eigenvalue weighted by Gasteiger charge is 2.30. The van der Waals surface area contributed by atoms with Crippen molar-refractivity contribution in [3.05, 3.63) is 64.7 Å². The molecule has 2 nitrogen and oxygen atoms in total. The van der Waals surface area contributed by atoms with E-state index in [-0.39, 0.29) is 11.7 Å². The van der Waals surface area contributed by atoms with Gasteiger partial charge in [-0.1, -0.05) is 35.9 Å². The van der Waals surface area contributed by atoms with Gasteiger partial charge in [0, 0.05) is 17.9 Å². The Morgan fingerprint density at radius 2 is 2.00 bits per heavy atom. The van der Waals surface area contributed by atoms with Gasteiger partial charge < -0.3 is 4.74 Å². The Kier molecular flexibility index (Phi) is 2.86. The second-order valence-electron chi connectivity index (χ2n) is 5.05. The second kappa shape index (κ2) is 4.54. The van der Waals surface area contributed by atoms with Gasteiger partial charge in [-0.05, 0) is 30.2 Å². The fourth-order valence-corrected chi connectivity index (χ4v) is 2.80. The number of benzene rings is 2. The summed E-state index contributed by atoms with van der Waals surface area (Å²) in [4.78, 5) is 12.1. The van der Waals surface area contributed by atoms with E-state index in [1.165, 1.54) is 11.1 Å². The van der Waals surface area contributed by atoms with Crippen molar-refractivity contribution in [2.45, 2.75) is 19.3 Å². The SMILES string of the molecule is COc1ccc2c(c1)C(=O)C[C@H]2c1cccc(C)c1. The molecule has 0 spiro atoms. The minimum absolute atomic E-state index is 0.188. The van der Waals surface area contributed by atoms with Crippen molar-refractivity contribution in [1.82, 2.24) is 0 Å². The first-order chi connectivity index (χ1) is 9.19. The molecule has 96 valence electrons. The van der Waals surface area contributed by atoms with Crippen LogP contribution in [0.15, 0.2) is 42.5 Å². The molecule has 1 aliphatic carbocycles. The molecular weight excluding hydrogens is 236 g/mol. The topological polar surface area (TPSA) is 26.3 Å². The predicted octanol–water partition coefficient (Wildman–Crippen LogP) is 3.72. The lowest BCUT2D eigenvalue weighted by molar-refractivity contribution is 0.0991. The van der Waals surface area contributed by atoms with Gasteiger partial charge in [-0.3, -0.25) is 4.79 Å². The van der Waals surface area contributed by atoms with Crippen LogP contribution >= 0.6 is 0 Å². The first-order valence-corrected chi connectivity index (χ1v) is 6.47. The maximum Gasteiger partial charge on any atom is 0.164 e. The summed E-state index contributed by atoms with van der Waals surface area (Å²) >= 11 is 0. The van der Waals surface area contributed by atoms with Crippen LogP contribution in [0.25, 0.3) is 0 Å². The molecule has 0 fully saturated rings. The minimum atomic E-state index is 0.188. The molecule has 0 saturated heterocycles. The average Bonchev–Trinajstić information content (AvgIpc) is 2.76. The van der Waals surface area contributed by atoms with Gasteiger partial charge >= 0.3 is 0 Å². The quantitative estimate of drug-likeness (QED) is 0.814.